The SMILES string of the molecule is CCn1ccnc1CNc1ncc(S(C)(=O)=O)c(C2CCCNC2)n1. The van der Waals surface area contributed by atoms with E-state index in [-0.39, 0.29) is 10.8 Å². The van der Waals surface area contributed by atoms with Gasteiger partial charge in [-0.15, -0.1) is 0 Å². The molecule has 136 valence electrons. The van der Waals surface area contributed by atoms with Gasteiger partial charge in [-0.2, -0.15) is 0 Å². The normalized spacial score (nSPS) is 18.2. The van der Waals surface area contributed by atoms with Gasteiger partial charge in [-0.3, -0.25) is 0 Å². The van der Waals surface area contributed by atoms with Crippen LogP contribution in [0.3, 0.4) is 0 Å². The summed E-state index contributed by atoms with van der Waals surface area (Å²) < 4.78 is 26.2. The highest BCUT2D eigenvalue weighted by Gasteiger charge is 2.25. The van der Waals surface area contributed by atoms with Crippen LogP contribution in [0.25, 0.3) is 0 Å². The Morgan fingerprint density at radius 2 is 2.24 bits per heavy atom. The molecule has 2 aromatic heterocycles. The van der Waals surface area contributed by atoms with Crippen LogP contribution >= 0.6 is 0 Å². The lowest BCUT2D eigenvalue weighted by atomic mass is 9.96. The number of sulfone groups is 1. The van der Waals surface area contributed by atoms with E-state index in [1.807, 2.05) is 10.8 Å². The molecule has 0 amide bonds. The fourth-order valence-electron chi connectivity index (χ4n) is 3.09. The first kappa shape index (κ1) is 17.8. The molecule has 8 nitrogen and oxygen atoms in total. The summed E-state index contributed by atoms with van der Waals surface area (Å²) in [7, 11) is -3.37. The fourth-order valence-corrected chi connectivity index (χ4v) is 3.92. The maximum Gasteiger partial charge on any atom is 0.223 e. The molecule has 2 aromatic rings. The zero-order chi connectivity index (χ0) is 17.9. The number of aryl methyl sites for hydroxylation is 1. The van der Waals surface area contributed by atoms with Gasteiger partial charge in [0.2, 0.25) is 5.95 Å². The molecule has 25 heavy (non-hydrogen) atoms. The second-order valence-corrected chi connectivity index (χ2v) is 8.23. The maximum absolute atomic E-state index is 12.1. The lowest BCUT2D eigenvalue weighted by Crippen LogP contribution is -2.30. The van der Waals surface area contributed by atoms with Crippen LogP contribution in [0.2, 0.25) is 0 Å². The number of aromatic nitrogens is 4. The van der Waals surface area contributed by atoms with Gasteiger partial charge in [0.1, 0.15) is 10.7 Å². The average molecular weight is 364 g/mol. The van der Waals surface area contributed by atoms with E-state index in [9.17, 15) is 8.42 Å². The first-order chi connectivity index (χ1) is 12.0. The van der Waals surface area contributed by atoms with E-state index in [0.29, 0.717) is 18.2 Å². The minimum Gasteiger partial charge on any atom is -0.347 e. The number of anilines is 1. The van der Waals surface area contributed by atoms with E-state index >= 15 is 0 Å². The van der Waals surface area contributed by atoms with Gasteiger partial charge < -0.3 is 15.2 Å². The lowest BCUT2D eigenvalue weighted by molar-refractivity contribution is 0.448. The van der Waals surface area contributed by atoms with Gasteiger partial charge in [0, 0.05) is 37.7 Å². The van der Waals surface area contributed by atoms with Crippen LogP contribution in [0.4, 0.5) is 5.95 Å². The number of rotatable bonds is 6. The molecule has 3 rings (SSSR count). The van der Waals surface area contributed by atoms with Crippen molar-refractivity contribution in [2.24, 2.45) is 0 Å². The summed E-state index contributed by atoms with van der Waals surface area (Å²) in [5.41, 5.74) is 0.603. The Morgan fingerprint density at radius 1 is 1.40 bits per heavy atom. The number of nitrogens with one attached hydrogen (secondary N) is 2. The van der Waals surface area contributed by atoms with Gasteiger partial charge in [0.05, 0.1) is 18.4 Å². The molecular weight excluding hydrogens is 340 g/mol. The van der Waals surface area contributed by atoms with Crippen LogP contribution in [0.15, 0.2) is 23.5 Å². The van der Waals surface area contributed by atoms with Crippen LogP contribution in [-0.4, -0.2) is 47.3 Å². The lowest BCUT2D eigenvalue weighted by Gasteiger charge is -2.24. The molecule has 0 radical (unpaired) electrons. The summed E-state index contributed by atoms with van der Waals surface area (Å²) in [5.74, 6) is 1.40. The van der Waals surface area contributed by atoms with Crippen LogP contribution in [0.1, 0.15) is 37.2 Å². The molecule has 0 aliphatic carbocycles. The molecule has 1 aliphatic heterocycles. The summed E-state index contributed by atoms with van der Waals surface area (Å²) in [6.07, 6.45) is 8.23. The maximum atomic E-state index is 12.1. The Hall–Kier alpha value is -2.00. The second kappa shape index (κ2) is 7.49. The molecule has 9 heteroatoms. The molecule has 1 fully saturated rings. The summed E-state index contributed by atoms with van der Waals surface area (Å²) >= 11 is 0. The van der Waals surface area contributed by atoms with E-state index in [4.69, 9.17) is 0 Å². The zero-order valence-corrected chi connectivity index (χ0v) is 15.4. The van der Waals surface area contributed by atoms with E-state index in [1.54, 1.807) is 6.20 Å². The first-order valence-corrected chi connectivity index (χ1v) is 10.4. The van der Waals surface area contributed by atoms with E-state index in [2.05, 4.69) is 32.5 Å². The number of nitrogens with zero attached hydrogens (tertiary/aromatic N) is 4. The Bertz CT molecular complexity index is 827. The van der Waals surface area contributed by atoms with Gasteiger partial charge in [-0.05, 0) is 26.3 Å². The van der Waals surface area contributed by atoms with E-state index in [1.165, 1.54) is 12.5 Å². The van der Waals surface area contributed by atoms with Crippen molar-refractivity contribution >= 4 is 15.8 Å². The molecular formula is C16H24N6O2S. The third-order valence-corrected chi connectivity index (χ3v) is 5.53. The topological polar surface area (TPSA) is 102 Å². The molecule has 0 aromatic carbocycles. The molecule has 1 atom stereocenters. The highest BCUT2D eigenvalue weighted by molar-refractivity contribution is 7.90. The second-order valence-electron chi connectivity index (χ2n) is 6.24. The van der Waals surface area contributed by atoms with Crippen molar-refractivity contribution in [1.82, 2.24) is 24.8 Å². The highest BCUT2D eigenvalue weighted by Crippen LogP contribution is 2.27. The van der Waals surface area contributed by atoms with Crippen molar-refractivity contribution in [3.8, 4) is 0 Å². The summed E-state index contributed by atoms with van der Waals surface area (Å²) in [6, 6.07) is 0. The van der Waals surface area contributed by atoms with Crippen molar-refractivity contribution < 1.29 is 8.42 Å². The van der Waals surface area contributed by atoms with Crippen molar-refractivity contribution in [3.63, 3.8) is 0 Å². The van der Waals surface area contributed by atoms with Gasteiger partial charge in [-0.25, -0.2) is 23.4 Å². The molecule has 1 aliphatic rings. The predicted molar refractivity (Wildman–Crippen MR) is 95.2 cm³/mol. The van der Waals surface area contributed by atoms with Crippen LogP contribution < -0.4 is 10.6 Å². The molecule has 3 heterocycles. The fraction of sp³-hybridized carbons (Fsp3) is 0.562. The minimum absolute atomic E-state index is 0.0830. The first-order valence-electron chi connectivity index (χ1n) is 8.50. The Morgan fingerprint density at radius 3 is 2.92 bits per heavy atom. The predicted octanol–water partition coefficient (Wildman–Crippen LogP) is 1.18. The van der Waals surface area contributed by atoms with Crippen molar-refractivity contribution in [3.05, 3.63) is 30.1 Å². The number of piperidine rings is 1. The van der Waals surface area contributed by atoms with Crippen molar-refractivity contribution in [1.29, 1.82) is 0 Å². The third kappa shape index (κ3) is 4.16. The summed E-state index contributed by atoms with van der Waals surface area (Å²) in [4.78, 5) is 13.3. The Kier molecular flexibility index (Phi) is 5.33. The van der Waals surface area contributed by atoms with E-state index < -0.39 is 9.84 Å². The summed E-state index contributed by atoms with van der Waals surface area (Å²) in [6.45, 7) is 5.07. The van der Waals surface area contributed by atoms with Crippen LogP contribution in [-0.2, 0) is 22.9 Å². The smallest absolute Gasteiger partial charge is 0.223 e. The van der Waals surface area contributed by atoms with Crippen molar-refractivity contribution in [2.45, 2.75) is 43.7 Å². The monoisotopic (exact) mass is 364 g/mol. The average Bonchev–Trinajstić information content (AvgIpc) is 3.07. The minimum atomic E-state index is -3.37. The third-order valence-electron chi connectivity index (χ3n) is 4.41. The molecule has 0 bridgehead atoms. The molecule has 2 N–H and O–H groups in total. The largest absolute Gasteiger partial charge is 0.347 e. The molecule has 1 unspecified atom stereocenters. The van der Waals surface area contributed by atoms with Gasteiger partial charge in [0.15, 0.2) is 9.84 Å². The quantitative estimate of drug-likeness (QED) is 0.793. The zero-order valence-electron chi connectivity index (χ0n) is 14.6. The molecule has 1 saturated heterocycles. The Balaban J connectivity index is 1.85. The highest BCUT2D eigenvalue weighted by atomic mass is 32.2. The molecule has 0 spiro atoms. The Labute approximate surface area is 148 Å². The standard InChI is InChI=1S/C16H24N6O2S/c1-3-22-8-7-18-14(22)11-20-16-19-10-13(25(2,23)24)15(21-16)12-5-4-6-17-9-12/h7-8,10,12,17H,3-6,9,11H2,1-2H3,(H,19,20,21). The van der Waals surface area contributed by atoms with Crippen LogP contribution in [0, 0.1) is 0 Å². The van der Waals surface area contributed by atoms with E-state index in [0.717, 1.165) is 38.3 Å². The summed E-state index contributed by atoms with van der Waals surface area (Å²) in [5, 5.41) is 6.47. The van der Waals surface area contributed by atoms with Gasteiger partial charge in [0.25, 0.3) is 0 Å². The van der Waals surface area contributed by atoms with Crippen molar-refractivity contribution in [2.75, 3.05) is 24.7 Å². The van der Waals surface area contributed by atoms with Crippen LogP contribution in [0.5, 0.6) is 0 Å². The van der Waals surface area contributed by atoms with Gasteiger partial charge >= 0.3 is 0 Å². The van der Waals surface area contributed by atoms with Gasteiger partial charge in [-0.1, -0.05) is 0 Å². The number of imidazole rings is 1. The number of hydrogen-bond acceptors (Lipinski definition) is 7. The molecule has 0 saturated carbocycles. The number of hydrogen-bond donors (Lipinski definition) is 2.